The average molecular weight is 267 g/mol. The standard InChI is InChI=1S/C11H13N3O3S/c1-2-6-17-8-4-3-5-14-10(8)12-13-11(14)18-7-9(15)16/h3-5H,2,6-7H2,1H3,(H,15,16). The lowest BCUT2D eigenvalue weighted by molar-refractivity contribution is -0.133. The second-order valence-electron chi connectivity index (χ2n) is 3.58. The van der Waals surface area contributed by atoms with Crippen LogP contribution in [0.5, 0.6) is 5.75 Å². The largest absolute Gasteiger partial charge is 0.490 e. The van der Waals surface area contributed by atoms with Gasteiger partial charge < -0.3 is 9.84 Å². The van der Waals surface area contributed by atoms with Crippen LogP contribution in [0, 0.1) is 0 Å². The minimum absolute atomic E-state index is 0.0408. The predicted molar refractivity (Wildman–Crippen MR) is 67.1 cm³/mol. The zero-order chi connectivity index (χ0) is 13.0. The van der Waals surface area contributed by atoms with Crippen LogP contribution in [-0.4, -0.2) is 38.0 Å². The Kier molecular flexibility index (Phi) is 4.03. The zero-order valence-electron chi connectivity index (χ0n) is 9.87. The van der Waals surface area contributed by atoms with Gasteiger partial charge in [0.1, 0.15) is 0 Å². The molecule has 2 aromatic heterocycles. The van der Waals surface area contributed by atoms with Gasteiger partial charge in [0.2, 0.25) is 5.65 Å². The van der Waals surface area contributed by atoms with Crippen molar-refractivity contribution < 1.29 is 14.6 Å². The first-order chi connectivity index (χ1) is 8.72. The Hall–Kier alpha value is -1.76. The molecule has 0 saturated carbocycles. The van der Waals surface area contributed by atoms with Gasteiger partial charge >= 0.3 is 5.97 Å². The summed E-state index contributed by atoms with van der Waals surface area (Å²) < 4.78 is 7.29. The highest BCUT2D eigenvalue weighted by molar-refractivity contribution is 7.99. The van der Waals surface area contributed by atoms with Crippen LogP contribution >= 0.6 is 11.8 Å². The lowest BCUT2D eigenvalue weighted by Crippen LogP contribution is -2.00. The van der Waals surface area contributed by atoms with Gasteiger partial charge in [0.05, 0.1) is 12.4 Å². The number of carboxylic acids is 1. The number of hydrogen-bond acceptors (Lipinski definition) is 5. The van der Waals surface area contributed by atoms with E-state index in [1.54, 1.807) is 10.6 Å². The molecule has 0 aromatic carbocycles. The molecule has 7 heteroatoms. The molecule has 96 valence electrons. The summed E-state index contributed by atoms with van der Waals surface area (Å²) in [6, 6.07) is 3.65. The van der Waals surface area contributed by atoms with Crippen LogP contribution in [0.4, 0.5) is 0 Å². The molecule has 0 bridgehead atoms. The number of nitrogens with zero attached hydrogens (tertiary/aromatic N) is 3. The van der Waals surface area contributed by atoms with Crippen molar-refractivity contribution in [3.63, 3.8) is 0 Å². The Bertz CT molecular complexity index is 555. The summed E-state index contributed by atoms with van der Waals surface area (Å²) in [5.41, 5.74) is 0.610. The number of aliphatic carboxylic acids is 1. The second kappa shape index (κ2) is 5.72. The molecule has 0 aliphatic heterocycles. The topological polar surface area (TPSA) is 76.7 Å². The molecule has 6 nitrogen and oxygen atoms in total. The van der Waals surface area contributed by atoms with Crippen molar-refractivity contribution in [3.05, 3.63) is 18.3 Å². The van der Waals surface area contributed by atoms with Crippen LogP contribution in [0.3, 0.4) is 0 Å². The minimum atomic E-state index is -0.880. The number of carbonyl (C=O) groups is 1. The van der Waals surface area contributed by atoms with Gasteiger partial charge in [-0.1, -0.05) is 18.7 Å². The fraction of sp³-hybridized carbons (Fsp3) is 0.364. The van der Waals surface area contributed by atoms with E-state index in [0.717, 1.165) is 18.2 Å². The van der Waals surface area contributed by atoms with Gasteiger partial charge in [0.15, 0.2) is 10.9 Å². The lowest BCUT2D eigenvalue weighted by atomic mass is 10.4. The van der Waals surface area contributed by atoms with Crippen molar-refractivity contribution in [2.45, 2.75) is 18.5 Å². The van der Waals surface area contributed by atoms with E-state index in [-0.39, 0.29) is 5.75 Å². The third kappa shape index (κ3) is 2.73. The summed E-state index contributed by atoms with van der Waals surface area (Å²) in [4.78, 5) is 10.5. The molecular formula is C11H13N3O3S. The van der Waals surface area contributed by atoms with Crippen molar-refractivity contribution in [3.8, 4) is 5.75 Å². The molecule has 0 atom stereocenters. The van der Waals surface area contributed by atoms with Crippen LogP contribution in [0.1, 0.15) is 13.3 Å². The van der Waals surface area contributed by atoms with Crippen molar-refractivity contribution in [2.75, 3.05) is 12.4 Å². The van der Waals surface area contributed by atoms with E-state index in [2.05, 4.69) is 10.2 Å². The maximum absolute atomic E-state index is 10.5. The Morgan fingerprint density at radius 1 is 1.56 bits per heavy atom. The molecule has 0 saturated heterocycles. The van der Waals surface area contributed by atoms with Gasteiger partial charge in [-0.2, -0.15) is 0 Å². The quantitative estimate of drug-likeness (QED) is 0.803. The molecule has 0 radical (unpaired) electrons. The normalized spacial score (nSPS) is 10.7. The molecule has 0 fully saturated rings. The third-order valence-electron chi connectivity index (χ3n) is 2.15. The second-order valence-corrected chi connectivity index (χ2v) is 4.52. The number of fused-ring (bicyclic) bond motifs is 1. The van der Waals surface area contributed by atoms with E-state index in [9.17, 15) is 4.79 Å². The Labute approximate surface area is 108 Å². The van der Waals surface area contributed by atoms with Crippen molar-refractivity contribution >= 4 is 23.4 Å². The number of ether oxygens (including phenoxy) is 1. The third-order valence-corrected chi connectivity index (χ3v) is 3.08. The molecule has 0 unspecified atom stereocenters. The van der Waals surface area contributed by atoms with Crippen LogP contribution in [0.15, 0.2) is 23.5 Å². The fourth-order valence-corrected chi connectivity index (χ4v) is 2.06. The molecular weight excluding hydrogens is 254 g/mol. The Morgan fingerprint density at radius 3 is 3.11 bits per heavy atom. The highest BCUT2D eigenvalue weighted by atomic mass is 32.2. The molecule has 0 aliphatic rings. The Balaban J connectivity index is 2.26. The van der Waals surface area contributed by atoms with Crippen LogP contribution in [-0.2, 0) is 4.79 Å². The van der Waals surface area contributed by atoms with E-state index in [0.29, 0.717) is 23.2 Å². The number of pyridine rings is 1. The van der Waals surface area contributed by atoms with Crippen LogP contribution < -0.4 is 4.74 Å². The zero-order valence-corrected chi connectivity index (χ0v) is 10.7. The van der Waals surface area contributed by atoms with Gasteiger partial charge in [-0.05, 0) is 18.6 Å². The van der Waals surface area contributed by atoms with Gasteiger partial charge in [-0.3, -0.25) is 9.20 Å². The van der Waals surface area contributed by atoms with E-state index in [4.69, 9.17) is 9.84 Å². The molecule has 2 rings (SSSR count). The van der Waals surface area contributed by atoms with Gasteiger partial charge in [-0.15, -0.1) is 10.2 Å². The summed E-state index contributed by atoms with van der Waals surface area (Å²) in [5.74, 6) is -0.259. The predicted octanol–water partition coefficient (Wildman–Crippen LogP) is 1.69. The van der Waals surface area contributed by atoms with Gasteiger partial charge in [0, 0.05) is 6.20 Å². The maximum Gasteiger partial charge on any atom is 0.313 e. The molecule has 0 aliphatic carbocycles. The molecule has 0 amide bonds. The summed E-state index contributed by atoms with van der Waals surface area (Å²) in [6.45, 7) is 2.64. The first kappa shape index (κ1) is 12.7. The van der Waals surface area contributed by atoms with E-state index in [1.807, 2.05) is 19.1 Å². The Morgan fingerprint density at radius 2 is 2.39 bits per heavy atom. The van der Waals surface area contributed by atoms with Crippen molar-refractivity contribution in [2.24, 2.45) is 0 Å². The van der Waals surface area contributed by atoms with E-state index >= 15 is 0 Å². The van der Waals surface area contributed by atoms with Crippen molar-refractivity contribution in [1.29, 1.82) is 0 Å². The molecule has 0 spiro atoms. The molecule has 2 aromatic rings. The highest BCUT2D eigenvalue weighted by Crippen LogP contribution is 2.23. The number of aromatic nitrogens is 3. The monoisotopic (exact) mass is 267 g/mol. The van der Waals surface area contributed by atoms with Crippen molar-refractivity contribution in [1.82, 2.24) is 14.6 Å². The first-order valence-electron chi connectivity index (χ1n) is 5.53. The SMILES string of the molecule is CCCOc1cccn2c(SCC(=O)O)nnc12. The molecule has 1 N–H and O–H groups in total. The average Bonchev–Trinajstić information content (AvgIpc) is 2.77. The van der Waals surface area contributed by atoms with Crippen LogP contribution in [0.2, 0.25) is 0 Å². The van der Waals surface area contributed by atoms with Crippen LogP contribution in [0.25, 0.3) is 5.65 Å². The maximum atomic E-state index is 10.5. The lowest BCUT2D eigenvalue weighted by Gasteiger charge is -2.05. The van der Waals surface area contributed by atoms with E-state index in [1.165, 1.54) is 0 Å². The molecule has 2 heterocycles. The minimum Gasteiger partial charge on any atom is -0.490 e. The number of thioether (sulfide) groups is 1. The molecule has 18 heavy (non-hydrogen) atoms. The summed E-state index contributed by atoms with van der Waals surface area (Å²) in [7, 11) is 0. The first-order valence-corrected chi connectivity index (χ1v) is 6.52. The smallest absolute Gasteiger partial charge is 0.313 e. The summed E-state index contributed by atoms with van der Waals surface area (Å²) in [6.07, 6.45) is 2.70. The number of rotatable bonds is 6. The summed E-state index contributed by atoms with van der Waals surface area (Å²) in [5, 5.41) is 17.2. The van der Waals surface area contributed by atoms with Gasteiger partial charge in [0.25, 0.3) is 0 Å². The van der Waals surface area contributed by atoms with E-state index < -0.39 is 5.97 Å². The number of hydrogen-bond donors (Lipinski definition) is 1. The van der Waals surface area contributed by atoms with Gasteiger partial charge in [-0.25, -0.2) is 0 Å². The summed E-state index contributed by atoms with van der Waals surface area (Å²) >= 11 is 1.13. The fourth-order valence-electron chi connectivity index (χ4n) is 1.42. The highest BCUT2D eigenvalue weighted by Gasteiger charge is 2.11. The number of carboxylic acid groups (broad SMARTS) is 1.